The molecule has 0 radical (unpaired) electrons. The number of allylic oxidation sites excluding steroid dienone is 3. The lowest BCUT2D eigenvalue weighted by atomic mass is 9.98. The number of thiophene rings is 1. The van der Waals surface area contributed by atoms with E-state index >= 15 is 0 Å². The maximum Gasteiger partial charge on any atom is 0.165 e. The third-order valence-electron chi connectivity index (χ3n) is 7.31. The quantitative estimate of drug-likeness (QED) is 0.330. The Morgan fingerprint density at radius 1 is 1.20 bits per heavy atom. The number of hydrogen-bond donors (Lipinski definition) is 1. The maximum atomic E-state index is 10.3. The van der Waals surface area contributed by atoms with E-state index in [-0.39, 0.29) is 6.04 Å². The number of nitrogens with zero attached hydrogens (tertiary/aromatic N) is 6. The molecule has 1 saturated heterocycles. The first-order valence-corrected chi connectivity index (χ1v) is 14.3. The molecule has 0 spiro atoms. The van der Waals surface area contributed by atoms with Crippen LogP contribution >= 0.6 is 11.3 Å². The molecule has 1 N–H and O–H groups in total. The summed E-state index contributed by atoms with van der Waals surface area (Å²) in [4.78, 5) is 15.8. The van der Waals surface area contributed by atoms with Gasteiger partial charge in [0.15, 0.2) is 5.82 Å². The Balaban J connectivity index is 1.50. The second-order valence-corrected chi connectivity index (χ2v) is 12.1. The topological polar surface area (TPSA) is 79.5 Å². The van der Waals surface area contributed by atoms with E-state index in [0.717, 1.165) is 51.2 Å². The fourth-order valence-corrected chi connectivity index (χ4v) is 6.08. The van der Waals surface area contributed by atoms with Crippen molar-refractivity contribution in [2.45, 2.75) is 39.0 Å². The summed E-state index contributed by atoms with van der Waals surface area (Å²) in [6.07, 6.45) is 7.96. The van der Waals surface area contributed by atoms with Gasteiger partial charge in [-0.3, -0.25) is 4.68 Å². The summed E-state index contributed by atoms with van der Waals surface area (Å²) in [6, 6.07) is 10.7. The van der Waals surface area contributed by atoms with Gasteiger partial charge < -0.3 is 19.6 Å². The van der Waals surface area contributed by atoms with Crippen LogP contribution in [-0.4, -0.2) is 62.2 Å². The second-order valence-electron chi connectivity index (χ2n) is 11.1. The van der Waals surface area contributed by atoms with Crippen molar-refractivity contribution < 1.29 is 9.84 Å². The molecule has 0 bridgehead atoms. The Bertz CT molecular complexity index is 1630. The standard InChI is InChI=1S/C31H34N6O2S/c1-20-13-23(16-35(5)21(20)2)22-8-9-26-25(14-22)30(37-10-11-39-18-27(37)28-7-6-12-40-28)34-29(33-26)24-15-32-36(17-24)19-31(3,4)38/h6-9,12-17,27,38H,2,10-11,18-19H2,1,3-5H3/t27-/m1/s1. The Kier molecular flexibility index (Phi) is 6.82. The van der Waals surface area contributed by atoms with Crippen LogP contribution in [0.1, 0.15) is 37.3 Å². The molecule has 0 saturated carbocycles. The van der Waals surface area contributed by atoms with Gasteiger partial charge >= 0.3 is 0 Å². The molecule has 2 aliphatic heterocycles. The van der Waals surface area contributed by atoms with Crippen LogP contribution in [0, 0.1) is 0 Å². The predicted octanol–water partition coefficient (Wildman–Crippen LogP) is 5.65. The van der Waals surface area contributed by atoms with Crippen LogP contribution in [-0.2, 0) is 11.3 Å². The number of hydrogen-bond acceptors (Lipinski definition) is 8. The van der Waals surface area contributed by atoms with Crippen LogP contribution in [0.5, 0.6) is 0 Å². The highest BCUT2D eigenvalue weighted by Gasteiger charge is 2.29. The zero-order valence-electron chi connectivity index (χ0n) is 23.3. The van der Waals surface area contributed by atoms with Gasteiger partial charge in [-0.25, -0.2) is 9.97 Å². The van der Waals surface area contributed by atoms with Gasteiger partial charge in [0.25, 0.3) is 0 Å². The molecule has 4 aromatic rings. The molecule has 9 heteroatoms. The minimum Gasteiger partial charge on any atom is -0.389 e. The molecule has 0 unspecified atom stereocenters. The van der Waals surface area contributed by atoms with E-state index in [0.29, 0.717) is 25.6 Å². The summed E-state index contributed by atoms with van der Waals surface area (Å²) in [5.74, 6) is 1.49. The van der Waals surface area contributed by atoms with Crippen molar-refractivity contribution in [3.63, 3.8) is 0 Å². The molecule has 1 atom stereocenters. The number of rotatable bonds is 6. The lowest BCUT2D eigenvalue weighted by molar-refractivity contribution is 0.0577. The summed E-state index contributed by atoms with van der Waals surface area (Å²) >= 11 is 1.74. The average Bonchev–Trinajstić information content (AvgIpc) is 3.62. The van der Waals surface area contributed by atoms with Crippen molar-refractivity contribution in [2.24, 2.45) is 0 Å². The van der Waals surface area contributed by atoms with Gasteiger partial charge in [-0.05, 0) is 67.1 Å². The van der Waals surface area contributed by atoms with E-state index < -0.39 is 5.60 Å². The van der Waals surface area contributed by atoms with Gasteiger partial charge in [-0.1, -0.05) is 18.7 Å². The van der Waals surface area contributed by atoms with Gasteiger partial charge in [0, 0.05) is 41.9 Å². The smallest absolute Gasteiger partial charge is 0.165 e. The zero-order chi connectivity index (χ0) is 28.0. The molecule has 0 amide bonds. The highest BCUT2D eigenvalue weighted by atomic mass is 32.1. The van der Waals surface area contributed by atoms with Crippen molar-refractivity contribution >= 4 is 33.6 Å². The molecule has 8 nitrogen and oxygen atoms in total. The highest BCUT2D eigenvalue weighted by molar-refractivity contribution is 7.10. The summed E-state index contributed by atoms with van der Waals surface area (Å²) in [7, 11) is 2.03. The first kappa shape index (κ1) is 26.4. The summed E-state index contributed by atoms with van der Waals surface area (Å²) in [5.41, 5.74) is 5.15. The van der Waals surface area contributed by atoms with Crippen LogP contribution in [0.4, 0.5) is 5.82 Å². The second kappa shape index (κ2) is 10.3. The number of aliphatic hydroxyl groups is 1. The Hall–Kier alpha value is -3.79. The van der Waals surface area contributed by atoms with Crippen LogP contribution in [0.2, 0.25) is 0 Å². The van der Waals surface area contributed by atoms with Crippen LogP contribution < -0.4 is 4.90 Å². The molecule has 40 heavy (non-hydrogen) atoms. The lowest BCUT2D eigenvalue weighted by Gasteiger charge is -2.36. The molecular weight excluding hydrogens is 520 g/mol. The first-order valence-electron chi connectivity index (χ1n) is 13.4. The molecule has 0 aliphatic carbocycles. The van der Waals surface area contributed by atoms with Crippen LogP contribution in [0.15, 0.2) is 78.2 Å². The van der Waals surface area contributed by atoms with Gasteiger partial charge in [0.1, 0.15) is 5.82 Å². The van der Waals surface area contributed by atoms with Gasteiger partial charge in [-0.15, -0.1) is 11.3 Å². The third kappa shape index (κ3) is 5.20. The van der Waals surface area contributed by atoms with Gasteiger partial charge in [0.05, 0.1) is 48.7 Å². The predicted molar refractivity (Wildman–Crippen MR) is 161 cm³/mol. The number of fused-ring (bicyclic) bond motifs is 1. The molecule has 6 rings (SSSR count). The number of benzene rings is 1. The average molecular weight is 555 g/mol. The van der Waals surface area contributed by atoms with Crippen LogP contribution in [0.25, 0.3) is 27.9 Å². The van der Waals surface area contributed by atoms with Crippen molar-refractivity contribution in [2.75, 3.05) is 31.7 Å². The summed E-state index contributed by atoms with van der Waals surface area (Å²) in [6.45, 7) is 12.1. The molecule has 3 aromatic heterocycles. The zero-order valence-corrected chi connectivity index (χ0v) is 24.1. The minimum atomic E-state index is -0.877. The van der Waals surface area contributed by atoms with Crippen molar-refractivity contribution in [3.8, 4) is 11.4 Å². The molecule has 5 heterocycles. The molecular formula is C31H34N6O2S. The normalized spacial score (nSPS) is 18.3. The number of ether oxygens (including phenoxy) is 1. The van der Waals surface area contributed by atoms with Gasteiger partial charge in [0.2, 0.25) is 0 Å². The largest absolute Gasteiger partial charge is 0.389 e. The Morgan fingerprint density at radius 3 is 2.80 bits per heavy atom. The van der Waals surface area contributed by atoms with Gasteiger partial charge in [-0.2, -0.15) is 5.10 Å². The monoisotopic (exact) mass is 554 g/mol. The van der Waals surface area contributed by atoms with E-state index in [1.54, 1.807) is 36.1 Å². The van der Waals surface area contributed by atoms with E-state index in [1.165, 1.54) is 4.88 Å². The maximum absolute atomic E-state index is 10.3. The first-order chi connectivity index (χ1) is 19.2. The highest BCUT2D eigenvalue weighted by Crippen LogP contribution is 2.38. The number of morpholine rings is 1. The lowest BCUT2D eigenvalue weighted by Crippen LogP contribution is -2.40. The fraction of sp³-hybridized carbons (Fsp3) is 0.323. The van der Waals surface area contributed by atoms with E-state index in [2.05, 4.69) is 76.4 Å². The van der Waals surface area contributed by atoms with Crippen molar-refractivity contribution in [1.29, 1.82) is 0 Å². The van der Waals surface area contributed by atoms with E-state index in [9.17, 15) is 5.11 Å². The van der Waals surface area contributed by atoms with Crippen molar-refractivity contribution in [3.05, 3.63) is 88.7 Å². The molecule has 206 valence electrons. The Morgan fingerprint density at radius 2 is 2.05 bits per heavy atom. The minimum absolute atomic E-state index is 0.0618. The molecule has 1 fully saturated rings. The number of aromatic nitrogens is 4. The summed E-state index contributed by atoms with van der Waals surface area (Å²) < 4.78 is 7.68. The van der Waals surface area contributed by atoms with Crippen LogP contribution in [0.3, 0.4) is 0 Å². The molecule has 2 aliphatic rings. The SMILES string of the molecule is C=C1C(C)=CC(c2ccc3nc(-c4cnn(CC(C)(C)O)c4)nc(N4CCOC[C@@H]4c4cccs4)c3c2)=CN1C. The van der Waals surface area contributed by atoms with Crippen molar-refractivity contribution in [1.82, 2.24) is 24.6 Å². The van der Waals surface area contributed by atoms with E-state index in [4.69, 9.17) is 14.7 Å². The third-order valence-corrected chi connectivity index (χ3v) is 8.28. The summed E-state index contributed by atoms with van der Waals surface area (Å²) in [5, 5.41) is 17.9. The fourth-order valence-electron chi connectivity index (χ4n) is 5.25. The number of anilines is 1. The van der Waals surface area contributed by atoms with E-state index in [1.807, 2.05) is 13.2 Å². The molecule has 1 aromatic carbocycles. The number of likely N-dealkylation sites (N-methyl/N-ethyl adjacent to an activating group) is 1. The Labute approximate surface area is 238 Å².